The molecule has 0 saturated heterocycles. The summed E-state index contributed by atoms with van der Waals surface area (Å²) in [5, 5.41) is 0. The van der Waals surface area contributed by atoms with Gasteiger partial charge in [-0.3, -0.25) is 0 Å². The number of hydrogen-bond acceptors (Lipinski definition) is 2. The number of likely N-dealkylation sites (N-methyl/N-ethyl adjacent to an activating group) is 1. The van der Waals surface area contributed by atoms with Crippen LogP contribution >= 0.6 is 0 Å². The number of hydrogen-bond donors (Lipinski definition) is 0. The molecule has 3 nitrogen and oxygen atoms in total. The van der Waals surface area contributed by atoms with E-state index in [0.29, 0.717) is 35.6 Å². The van der Waals surface area contributed by atoms with E-state index >= 15 is 0 Å². The molecule has 0 radical (unpaired) electrons. The van der Waals surface area contributed by atoms with E-state index < -0.39 is 0 Å². The third-order valence-corrected chi connectivity index (χ3v) is 13.5. The molecule has 3 fully saturated rings. The molecule has 0 spiro atoms. The zero-order valence-electron chi connectivity index (χ0n) is 31.1. The summed E-state index contributed by atoms with van der Waals surface area (Å²) in [6.45, 7) is 18.5. The molecule has 0 N–H and O–H groups in total. The van der Waals surface area contributed by atoms with Crippen LogP contribution in [0.4, 0.5) is 0 Å². The number of carbonyl (C=O) groups is 1. The van der Waals surface area contributed by atoms with Gasteiger partial charge in [-0.05, 0) is 97.7 Å². The van der Waals surface area contributed by atoms with Crippen molar-refractivity contribution in [2.45, 2.75) is 151 Å². The van der Waals surface area contributed by atoms with Gasteiger partial charge in [0.1, 0.15) is 6.10 Å². The smallest absolute Gasteiger partial charge is 0.362 e. The fourth-order valence-corrected chi connectivity index (χ4v) is 10.0. The lowest BCUT2D eigenvalue weighted by molar-refractivity contribution is -0.883. The summed E-state index contributed by atoms with van der Waals surface area (Å²) in [5.41, 5.74) is 3.96. The van der Waals surface area contributed by atoms with Gasteiger partial charge in [0.2, 0.25) is 0 Å². The molecule has 3 heteroatoms. The number of esters is 1. The van der Waals surface area contributed by atoms with Crippen molar-refractivity contribution < 1.29 is 14.0 Å². The predicted octanol–water partition coefficient (Wildman–Crippen LogP) is 11.1. The molecule has 3 saturated carbocycles. The molecule has 0 aliphatic heterocycles. The molecular weight excluding hydrogens is 550 g/mol. The number of ether oxygens (including phenoxy) is 1. The Morgan fingerprint density at radius 1 is 0.889 bits per heavy atom. The van der Waals surface area contributed by atoms with Crippen LogP contribution in [0.15, 0.2) is 35.5 Å². The molecule has 0 aromatic heterocycles. The summed E-state index contributed by atoms with van der Waals surface area (Å²) in [6.07, 6.45) is 29.2. The van der Waals surface area contributed by atoms with Crippen molar-refractivity contribution >= 4 is 5.97 Å². The number of nitrogens with zero attached hydrogens (tertiary/aromatic N) is 1. The molecule has 256 valence electrons. The van der Waals surface area contributed by atoms with Crippen LogP contribution in [0.2, 0.25) is 0 Å². The van der Waals surface area contributed by atoms with E-state index in [-0.39, 0.29) is 17.5 Å². The zero-order valence-corrected chi connectivity index (χ0v) is 31.1. The fourth-order valence-electron chi connectivity index (χ4n) is 10.0. The molecule has 0 unspecified atom stereocenters. The van der Waals surface area contributed by atoms with Gasteiger partial charge in [0.15, 0.2) is 6.54 Å². The molecule has 45 heavy (non-hydrogen) atoms. The highest BCUT2D eigenvalue weighted by atomic mass is 16.5. The summed E-state index contributed by atoms with van der Waals surface area (Å²) in [6, 6.07) is 0. The van der Waals surface area contributed by atoms with Gasteiger partial charge in [0, 0.05) is 6.42 Å². The van der Waals surface area contributed by atoms with Gasteiger partial charge in [-0.1, -0.05) is 122 Å². The molecule has 0 heterocycles. The quantitative estimate of drug-likeness (QED) is 0.0741. The van der Waals surface area contributed by atoms with Gasteiger partial charge in [-0.25, -0.2) is 4.79 Å². The second-order valence-electron chi connectivity index (χ2n) is 17.6. The molecule has 4 rings (SSSR count). The Morgan fingerprint density at radius 2 is 1.58 bits per heavy atom. The van der Waals surface area contributed by atoms with Gasteiger partial charge in [0.25, 0.3) is 0 Å². The highest BCUT2D eigenvalue weighted by Gasteiger charge is 2.57. The summed E-state index contributed by atoms with van der Waals surface area (Å²) in [4.78, 5) is 13.1. The Kier molecular flexibility index (Phi) is 12.7. The summed E-state index contributed by atoms with van der Waals surface area (Å²) < 4.78 is 6.94. The van der Waals surface area contributed by atoms with E-state index in [1.54, 1.807) is 11.1 Å². The average Bonchev–Trinajstić information content (AvgIpc) is 3.34. The fraction of sp³-hybridized carbons (Fsp3) is 0.833. The number of carbonyl (C=O) groups excluding carboxylic acids is 1. The van der Waals surface area contributed by atoms with Gasteiger partial charge >= 0.3 is 5.97 Å². The Morgan fingerprint density at radius 3 is 2.27 bits per heavy atom. The first kappa shape index (κ1) is 36.5. The molecular formula is C42H72NO2+. The van der Waals surface area contributed by atoms with Crippen LogP contribution in [0.3, 0.4) is 0 Å². The van der Waals surface area contributed by atoms with Crippen molar-refractivity contribution in [3.63, 3.8) is 0 Å². The zero-order chi connectivity index (χ0) is 32.8. The Bertz CT molecular complexity index is 1070. The van der Waals surface area contributed by atoms with Crippen molar-refractivity contribution in [1.82, 2.24) is 0 Å². The molecule has 0 bridgehead atoms. The minimum atomic E-state index is -0.00260. The summed E-state index contributed by atoms with van der Waals surface area (Å²) in [5.74, 6) is 4.18. The van der Waals surface area contributed by atoms with Crippen LogP contribution in [0.5, 0.6) is 0 Å². The Balaban J connectivity index is 1.30. The van der Waals surface area contributed by atoms with Crippen molar-refractivity contribution in [2.24, 2.45) is 46.3 Å². The van der Waals surface area contributed by atoms with E-state index in [9.17, 15) is 4.79 Å². The number of rotatable bonds is 16. The topological polar surface area (TPSA) is 26.3 Å². The van der Waals surface area contributed by atoms with E-state index in [2.05, 4.69) is 86.9 Å². The average molecular weight is 623 g/mol. The minimum Gasteiger partial charge on any atom is -0.458 e. The summed E-state index contributed by atoms with van der Waals surface area (Å²) in [7, 11) is 4.40. The lowest BCUT2D eigenvalue weighted by Crippen LogP contribution is -2.48. The summed E-state index contributed by atoms with van der Waals surface area (Å²) >= 11 is 0. The second kappa shape index (κ2) is 15.7. The molecule has 0 aromatic rings. The van der Waals surface area contributed by atoms with Gasteiger partial charge < -0.3 is 9.22 Å². The molecule has 0 aromatic carbocycles. The third-order valence-electron chi connectivity index (χ3n) is 13.5. The van der Waals surface area contributed by atoms with Crippen molar-refractivity contribution in [3.8, 4) is 0 Å². The van der Waals surface area contributed by atoms with Crippen molar-refractivity contribution in [1.29, 1.82) is 0 Å². The molecule has 0 amide bonds. The number of fused-ring (bicyclic) bond motifs is 5. The first-order chi connectivity index (χ1) is 21.3. The van der Waals surface area contributed by atoms with E-state index in [4.69, 9.17) is 4.74 Å². The number of unbranched alkanes of at least 4 members (excludes halogenated alkanes) is 7. The van der Waals surface area contributed by atoms with Crippen molar-refractivity contribution in [3.05, 3.63) is 35.5 Å². The lowest BCUT2D eigenvalue weighted by Gasteiger charge is -2.55. The van der Waals surface area contributed by atoms with Crippen LogP contribution in [-0.4, -0.2) is 43.7 Å². The highest BCUT2D eigenvalue weighted by molar-refractivity contribution is 5.70. The Labute approximate surface area is 279 Å². The van der Waals surface area contributed by atoms with E-state index in [0.717, 1.165) is 42.1 Å². The maximum absolute atomic E-state index is 13.1. The predicted molar refractivity (Wildman–Crippen MR) is 192 cm³/mol. The van der Waals surface area contributed by atoms with Gasteiger partial charge in [-0.15, -0.1) is 0 Å². The molecule has 8 atom stereocenters. The lowest BCUT2D eigenvalue weighted by atomic mass is 9.50. The first-order valence-electron chi connectivity index (χ1n) is 19.4. The van der Waals surface area contributed by atoms with Crippen LogP contribution in [0.1, 0.15) is 145 Å². The number of quaternary nitrogens is 1. The SMILES string of the molecule is CCCCCCCCCC[N+](C)(C)CC(=O)O[C@H]1CC[C@@]2(C)C(=CC=C3[C@@H]4CC[C@H]([C@H](C)/C=C/[C@H](C)C(C)C)[C@@]4(C)CC[C@@H]32)C1. The van der Waals surface area contributed by atoms with Crippen LogP contribution in [0, 0.1) is 46.3 Å². The normalized spacial score (nSPS) is 32.8. The van der Waals surface area contributed by atoms with Crippen molar-refractivity contribution in [2.75, 3.05) is 27.2 Å². The maximum atomic E-state index is 13.1. The third kappa shape index (κ3) is 8.77. The molecule has 4 aliphatic rings. The monoisotopic (exact) mass is 623 g/mol. The Hall–Kier alpha value is -1.35. The maximum Gasteiger partial charge on any atom is 0.362 e. The highest BCUT2D eigenvalue weighted by Crippen LogP contribution is 2.66. The largest absolute Gasteiger partial charge is 0.458 e. The van der Waals surface area contributed by atoms with Gasteiger partial charge in [0.05, 0.1) is 20.6 Å². The second-order valence-corrected chi connectivity index (χ2v) is 17.6. The van der Waals surface area contributed by atoms with Crippen LogP contribution < -0.4 is 0 Å². The van der Waals surface area contributed by atoms with Crippen LogP contribution in [-0.2, 0) is 9.53 Å². The standard InChI is InChI=1S/C42H72NO2/c1-10-11-12-13-14-15-16-17-28-43(8,9)30-40(44)45-35-24-26-41(6)34(29-35)20-21-36-38-23-22-37(42(38,7)27-25-39(36)41)33(5)19-18-32(4)31(2)3/h18-21,31-33,35,37-39H,10-17,22-30H2,1-9H3/q+1/b19-18+/t32-,33+,35-,37+,38-,39-,41-,42+/m0/s1. The minimum absolute atomic E-state index is 0.00260. The first-order valence-corrected chi connectivity index (χ1v) is 19.4. The van der Waals surface area contributed by atoms with E-state index in [1.807, 2.05) is 0 Å². The van der Waals surface area contributed by atoms with Gasteiger partial charge in [-0.2, -0.15) is 0 Å². The van der Waals surface area contributed by atoms with Crippen LogP contribution in [0.25, 0.3) is 0 Å². The number of allylic oxidation sites excluding steroid dienone is 5. The van der Waals surface area contributed by atoms with E-state index in [1.165, 1.54) is 77.0 Å². The molecule has 4 aliphatic carbocycles.